The summed E-state index contributed by atoms with van der Waals surface area (Å²) in [6.07, 6.45) is 0. The lowest BCUT2D eigenvalue weighted by molar-refractivity contribution is 0.101. The fraction of sp³-hybridized carbons (Fsp3) is 0.167. The van der Waals surface area contributed by atoms with E-state index >= 15 is 0 Å². The van der Waals surface area contributed by atoms with Gasteiger partial charge in [-0.05, 0) is 19.1 Å². The van der Waals surface area contributed by atoms with Gasteiger partial charge in [-0.25, -0.2) is 4.68 Å². The number of hydrogen-bond donors (Lipinski definition) is 2. The van der Waals surface area contributed by atoms with Crippen LogP contribution in [0.2, 0.25) is 0 Å². The van der Waals surface area contributed by atoms with Gasteiger partial charge in [-0.3, -0.25) is 14.7 Å². The lowest BCUT2D eigenvalue weighted by Crippen LogP contribution is -2.10. The van der Waals surface area contributed by atoms with Crippen molar-refractivity contribution in [3.8, 4) is 17.3 Å². The first-order chi connectivity index (χ1) is 8.54. The first-order valence-electron chi connectivity index (χ1n) is 5.24. The van der Waals surface area contributed by atoms with Crippen molar-refractivity contribution in [3.05, 3.63) is 40.2 Å². The Balaban J connectivity index is 2.61. The second kappa shape index (κ2) is 4.40. The number of carbonyl (C=O) groups is 1. The summed E-state index contributed by atoms with van der Waals surface area (Å²) in [6.45, 7) is 1.22. The number of aromatic nitrogens is 2. The largest absolute Gasteiger partial charge is 0.497 e. The summed E-state index contributed by atoms with van der Waals surface area (Å²) in [5.41, 5.74) is -0.378. The SMILES string of the molecule is COc1cccc(-n2[nH]c(=O)c(C(C)=O)c2O)c1. The molecule has 1 heterocycles. The Labute approximate surface area is 102 Å². The van der Waals surface area contributed by atoms with Crippen molar-refractivity contribution in [1.29, 1.82) is 0 Å². The number of aromatic amines is 1. The van der Waals surface area contributed by atoms with E-state index in [1.807, 2.05) is 0 Å². The summed E-state index contributed by atoms with van der Waals surface area (Å²) in [5.74, 6) is -0.318. The molecule has 18 heavy (non-hydrogen) atoms. The number of benzene rings is 1. The molecule has 0 unspecified atom stereocenters. The van der Waals surface area contributed by atoms with E-state index in [1.54, 1.807) is 24.3 Å². The number of aromatic hydroxyl groups is 1. The lowest BCUT2D eigenvalue weighted by Gasteiger charge is -2.06. The molecule has 0 amide bonds. The molecule has 0 fully saturated rings. The van der Waals surface area contributed by atoms with E-state index in [4.69, 9.17) is 4.74 Å². The maximum Gasteiger partial charge on any atom is 0.279 e. The van der Waals surface area contributed by atoms with E-state index in [0.29, 0.717) is 11.4 Å². The molecule has 0 aliphatic carbocycles. The van der Waals surface area contributed by atoms with Gasteiger partial charge in [0.05, 0.1) is 12.8 Å². The van der Waals surface area contributed by atoms with Crippen molar-refractivity contribution < 1.29 is 14.6 Å². The van der Waals surface area contributed by atoms with Crippen LogP contribution in [0.4, 0.5) is 0 Å². The number of nitrogens with one attached hydrogen (secondary N) is 1. The van der Waals surface area contributed by atoms with Gasteiger partial charge in [-0.1, -0.05) is 6.07 Å². The Morgan fingerprint density at radius 3 is 2.72 bits per heavy atom. The van der Waals surface area contributed by atoms with E-state index in [2.05, 4.69) is 5.10 Å². The van der Waals surface area contributed by atoms with Gasteiger partial charge in [0.15, 0.2) is 5.78 Å². The highest BCUT2D eigenvalue weighted by atomic mass is 16.5. The molecule has 0 spiro atoms. The minimum absolute atomic E-state index is 0.252. The van der Waals surface area contributed by atoms with Crippen molar-refractivity contribution in [1.82, 2.24) is 9.78 Å². The predicted octanol–water partition coefficient (Wildman–Crippen LogP) is 1.08. The molecule has 0 atom stereocenters. The van der Waals surface area contributed by atoms with Crippen LogP contribution >= 0.6 is 0 Å². The van der Waals surface area contributed by atoms with Crippen LogP contribution in [0.3, 0.4) is 0 Å². The van der Waals surface area contributed by atoms with Crippen LogP contribution in [0.5, 0.6) is 11.6 Å². The molecule has 1 aromatic carbocycles. The number of hydrogen-bond acceptors (Lipinski definition) is 4. The number of nitrogens with zero attached hydrogens (tertiary/aromatic N) is 1. The highest BCUT2D eigenvalue weighted by Crippen LogP contribution is 2.21. The number of rotatable bonds is 3. The van der Waals surface area contributed by atoms with Crippen LogP contribution in [0, 0.1) is 0 Å². The fourth-order valence-corrected chi connectivity index (χ4v) is 1.68. The number of ketones is 1. The summed E-state index contributed by atoms with van der Waals surface area (Å²) >= 11 is 0. The molecule has 1 aromatic heterocycles. The molecular weight excluding hydrogens is 236 g/mol. The molecule has 6 nitrogen and oxygen atoms in total. The van der Waals surface area contributed by atoms with E-state index in [1.165, 1.54) is 14.0 Å². The van der Waals surface area contributed by atoms with Gasteiger partial charge in [0, 0.05) is 6.07 Å². The number of H-pyrrole nitrogens is 1. The van der Waals surface area contributed by atoms with Crippen LogP contribution in [-0.2, 0) is 0 Å². The van der Waals surface area contributed by atoms with Crippen LogP contribution in [0.1, 0.15) is 17.3 Å². The smallest absolute Gasteiger partial charge is 0.279 e. The normalized spacial score (nSPS) is 10.3. The van der Waals surface area contributed by atoms with Crippen molar-refractivity contribution >= 4 is 5.78 Å². The summed E-state index contributed by atoms with van der Waals surface area (Å²) in [4.78, 5) is 22.8. The quantitative estimate of drug-likeness (QED) is 0.796. The molecule has 0 saturated heterocycles. The molecule has 0 saturated carbocycles. The topological polar surface area (TPSA) is 84.3 Å². The van der Waals surface area contributed by atoms with Gasteiger partial charge in [-0.2, -0.15) is 0 Å². The predicted molar refractivity (Wildman–Crippen MR) is 64.6 cm³/mol. The van der Waals surface area contributed by atoms with E-state index < -0.39 is 17.2 Å². The fourth-order valence-electron chi connectivity index (χ4n) is 1.68. The number of methoxy groups -OCH3 is 1. The maximum atomic E-state index is 11.5. The average molecular weight is 248 g/mol. The third-order valence-electron chi connectivity index (χ3n) is 2.54. The Hall–Kier alpha value is -2.50. The van der Waals surface area contributed by atoms with Gasteiger partial charge >= 0.3 is 0 Å². The van der Waals surface area contributed by atoms with Gasteiger partial charge in [0.1, 0.15) is 11.3 Å². The van der Waals surface area contributed by atoms with Crippen LogP contribution < -0.4 is 10.3 Å². The molecule has 0 aliphatic rings. The van der Waals surface area contributed by atoms with Crippen LogP contribution in [0.15, 0.2) is 29.1 Å². The minimum Gasteiger partial charge on any atom is -0.497 e. The molecule has 0 aliphatic heterocycles. The monoisotopic (exact) mass is 248 g/mol. The third-order valence-corrected chi connectivity index (χ3v) is 2.54. The Morgan fingerprint density at radius 1 is 1.44 bits per heavy atom. The zero-order valence-electron chi connectivity index (χ0n) is 9.93. The second-order valence-corrected chi connectivity index (χ2v) is 3.73. The standard InChI is InChI=1S/C12H12N2O4/c1-7(15)10-11(16)13-14(12(10)17)8-4-3-5-9(6-8)18-2/h3-6,17H,1-2H3,(H,13,16). The van der Waals surface area contributed by atoms with E-state index in [9.17, 15) is 14.7 Å². The number of Topliss-reactive ketones (excluding diaryl/α,β-unsaturated/α-hetero) is 1. The second-order valence-electron chi connectivity index (χ2n) is 3.73. The Kier molecular flexibility index (Phi) is 2.93. The number of carbonyl (C=O) groups excluding carboxylic acids is 1. The van der Waals surface area contributed by atoms with Crippen molar-refractivity contribution in [2.24, 2.45) is 0 Å². The van der Waals surface area contributed by atoms with E-state index in [-0.39, 0.29) is 5.56 Å². The lowest BCUT2D eigenvalue weighted by atomic mass is 10.2. The molecule has 2 rings (SSSR count). The maximum absolute atomic E-state index is 11.5. The Bertz CT molecular complexity index is 654. The summed E-state index contributed by atoms with van der Waals surface area (Å²) in [5, 5.41) is 12.3. The molecule has 0 bridgehead atoms. The number of ether oxygens (including phenoxy) is 1. The van der Waals surface area contributed by atoms with E-state index in [0.717, 1.165) is 4.68 Å². The molecule has 2 N–H and O–H groups in total. The van der Waals surface area contributed by atoms with Gasteiger partial charge in [0.25, 0.3) is 5.56 Å². The van der Waals surface area contributed by atoms with Crippen molar-refractivity contribution in [3.63, 3.8) is 0 Å². The summed E-state index contributed by atoms with van der Waals surface area (Å²) in [7, 11) is 1.51. The highest BCUT2D eigenvalue weighted by molar-refractivity contribution is 5.96. The zero-order chi connectivity index (χ0) is 13.3. The van der Waals surface area contributed by atoms with Gasteiger partial charge in [-0.15, -0.1) is 0 Å². The molecule has 94 valence electrons. The third kappa shape index (κ3) is 1.88. The van der Waals surface area contributed by atoms with Crippen LogP contribution in [-0.4, -0.2) is 27.8 Å². The molecule has 2 aromatic rings. The van der Waals surface area contributed by atoms with Crippen molar-refractivity contribution in [2.45, 2.75) is 6.92 Å². The summed E-state index contributed by atoms with van der Waals surface area (Å²) < 4.78 is 6.19. The first kappa shape index (κ1) is 12.0. The minimum atomic E-state index is -0.622. The molecule has 6 heteroatoms. The first-order valence-corrected chi connectivity index (χ1v) is 5.24. The van der Waals surface area contributed by atoms with Crippen LogP contribution in [0.25, 0.3) is 5.69 Å². The molecule has 0 radical (unpaired) electrons. The summed E-state index contributed by atoms with van der Waals surface area (Å²) in [6, 6.07) is 6.73. The Morgan fingerprint density at radius 2 is 2.17 bits per heavy atom. The zero-order valence-corrected chi connectivity index (χ0v) is 9.93. The van der Waals surface area contributed by atoms with Gasteiger partial charge < -0.3 is 9.84 Å². The molecular formula is C12H12N2O4. The van der Waals surface area contributed by atoms with Crippen molar-refractivity contribution in [2.75, 3.05) is 7.11 Å². The van der Waals surface area contributed by atoms with Gasteiger partial charge in [0.2, 0.25) is 5.88 Å². The average Bonchev–Trinajstić information content (AvgIpc) is 2.65. The highest BCUT2D eigenvalue weighted by Gasteiger charge is 2.18.